The minimum Gasteiger partial charge on any atom is -0.387 e. The van der Waals surface area contributed by atoms with Crippen molar-refractivity contribution in [2.75, 3.05) is 6.54 Å². The minimum absolute atomic E-state index is 0.00691. The van der Waals surface area contributed by atoms with Crippen LogP contribution in [0.25, 0.3) is 10.9 Å². The lowest BCUT2D eigenvalue weighted by molar-refractivity contribution is -0.384. The van der Waals surface area contributed by atoms with E-state index < -0.39 is 16.9 Å². The van der Waals surface area contributed by atoms with Gasteiger partial charge in [0, 0.05) is 24.1 Å². The number of H-pyrrole nitrogens is 1. The number of rotatable bonds is 5. The second-order valence-electron chi connectivity index (χ2n) is 5.64. The number of benzene rings is 2. The van der Waals surface area contributed by atoms with Crippen LogP contribution >= 0.6 is 0 Å². The first-order chi connectivity index (χ1) is 12.0. The van der Waals surface area contributed by atoms with Crippen molar-refractivity contribution in [2.45, 2.75) is 13.0 Å². The summed E-state index contributed by atoms with van der Waals surface area (Å²) >= 11 is 0. The number of nitro groups is 1. The lowest BCUT2D eigenvalue weighted by Gasteiger charge is -2.14. The van der Waals surface area contributed by atoms with Crippen molar-refractivity contribution in [2.24, 2.45) is 0 Å². The number of nitrogens with zero attached hydrogens (tertiary/aromatic N) is 2. The van der Waals surface area contributed by atoms with Crippen molar-refractivity contribution < 1.29 is 14.8 Å². The molecule has 0 fully saturated rings. The van der Waals surface area contributed by atoms with Crippen molar-refractivity contribution in [3.63, 3.8) is 0 Å². The topological polar surface area (TPSA) is 121 Å². The highest BCUT2D eigenvalue weighted by molar-refractivity contribution is 6.05. The van der Waals surface area contributed by atoms with Crippen LogP contribution in [0.4, 0.5) is 5.69 Å². The number of aromatic nitrogens is 2. The molecular formula is C17H16N4O4. The van der Waals surface area contributed by atoms with Crippen molar-refractivity contribution >= 4 is 22.5 Å². The molecule has 0 bridgehead atoms. The molecule has 25 heavy (non-hydrogen) atoms. The van der Waals surface area contributed by atoms with Gasteiger partial charge in [-0.05, 0) is 24.1 Å². The molecule has 3 rings (SSSR count). The average molecular weight is 340 g/mol. The third kappa shape index (κ3) is 3.33. The minimum atomic E-state index is -0.857. The van der Waals surface area contributed by atoms with Gasteiger partial charge >= 0.3 is 0 Å². The van der Waals surface area contributed by atoms with Gasteiger partial charge in [0.15, 0.2) is 5.69 Å². The molecule has 0 aliphatic carbocycles. The summed E-state index contributed by atoms with van der Waals surface area (Å²) < 4.78 is 0. The second-order valence-corrected chi connectivity index (χ2v) is 5.64. The molecule has 8 heteroatoms. The molecule has 0 saturated heterocycles. The van der Waals surface area contributed by atoms with E-state index in [0.717, 1.165) is 11.1 Å². The van der Waals surface area contributed by atoms with Crippen molar-refractivity contribution in [1.29, 1.82) is 0 Å². The first kappa shape index (κ1) is 16.6. The van der Waals surface area contributed by atoms with Crippen LogP contribution in [-0.4, -0.2) is 32.7 Å². The van der Waals surface area contributed by atoms with Crippen LogP contribution in [0.1, 0.15) is 27.7 Å². The summed E-state index contributed by atoms with van der Waals surface area (Å²) in [4.78, 5) is 22.7. The molecule has 8 nitrogen and oxygen atoms in total. The number of aliphatic hydroxyl groups excluding tert-OH is 1. The second kappa shape index (κ2) is 6.70. The molecule has 0 spiro atoms. The zero-order valence-corrected chi connectivity index (χ0v) is 13.4. The van der Waals surface area contributed by atoms with Crippen LogP contribution in [-0.2, 0) is 0 Å². The Balaban J connectivity index is 1.77. The van der Waals surface area contributed by atoms with Gasteiger partial charge < -0.3 is 10.4 Å². The van der Waals surface area contributed by atoms with Crippen LogP contribution < -0.4 is 5.32 Å². The average Bonchev–Trinajstić information content (AvgIpc) is 3.03. The third-order valence-electron chi connectivity index (χ3n) is 3.98. The summed E-state index contributed by atoms with van der Waals surface area (Å²) in [7, 11) is 0. The van der Waals surface area contributed by atoms with E-state index in [1.807, 2.05) is 25.1 Å². The highest BCUT2D eigenvalue weighted by atomic mass is 16.6. The van der Waals surface area contributed by atoms with E-state index in [1.165, 1.54) is 18.2 Å². The Labute approximate surface area is 142 Å². The molecule has 0 aliphatic heterocycles. The number of aromatic amines is 1. The molecule has 128 valence electrons. The standard InChI is InChI=1S/C17H16N4O4/c1-10-4-2-3-5-12(10)15(22)9-18-17(23)16-13-8-11(21(24)25)6-7-14(13)19-20-16/h2-8,15,22H,9H2,1H3,(H,18,23)(H,19,20). The van der Waals surface area contributed by atoms with Crippen molar-refractivity contribution in [3.05, 3.63) is 69.4 Å². The molecule has 1 unspecified atom stereocenters. The van der Waals surface area contributed by atoms with Gasteiger partial charge in [0.25, 0.3) is 11.6 Å². The fourth-order valence-corrected chi connectivity index (χ4v) is 2.63. The zero-order valence-electron chi connectivity index (χ0n) is 13.4. The molecule has 3 aromatic rings. The van der Waals surface area contributed by atoms with Gasteiger partial charge in [0.2, 0.25) is 0 Å². The molecule has 1 atom stereocenters. The lowest BCUT2D eigenvalue weighted by atomic mass is 10.0. The van der Waals surface area contributed by atoms with E-state index >= 15 is 0 Å². The fourth-order valence-electron chi connectivity index (χ4n) is 2.63. The normalized spacial score (nSPS) is 12.1. The van der Waals surface area contributed by atoms with Crippen LogP contribution in [0, 0.1) is 17.0 Å². The van der Waals surface area contributed by atoms with E-state index in [1.54, 1.807) is 6.07 Å². The number of amides is 1. The predicted octanol–water partition coefficient (Wildman–Crippen LogP) is 2.24. The predicted molar refractivity (Wildman–Crippen MR) is 91.2 cm³/mol. The molecule has 0 aliphatic rings. The first-order valence-electron chi connectivity index (χ1n) is 7.61. The number of nitro benzene ring substituents is 1. The van der Waals surface area contributed by atoms with Crippen LogP contribution in [0.3, 0.4) is 0 Å². The van der Waals surface area contributed by atoms with Gasteiger partial charge in [0.1, 0.15) is 0 Å². The summed E-state index contributed by atoms with van der Waals surface area (Å²) in [5.74, 6) is -0.514. The summed E-state index contributed by atoms with van der Waals surface area (Å²) in [5, 5.41) is 30.7. The maximum atomic E-state index is 12.3. The first-order valence-corrected chi connectivity index (χ1v) is 7.61. The number of carbonyl (C=O) groups is 1. The number of non-ortho nitro benzene ring substituents is 1. The summed E-state index contributed by atoms with van der Waals surface area (Å²) in [5.41, 5.74) is 2.10. The smallest absolute Gasteiger partial charge is 0.272 e. The number of carbonyl (C=O) groups excluding carboxylic acids is 1. The number of nitrogens with one attached hydrogen (secondary N) is 2. The Morgan fingerprint density at radius 3 is 2.84 bits per heavy atom. The highest BCUT2D eigenvalue weighted by Gasteiger charge is 2.18. The summed E-state index contributed by atoms with van der Waals surface area (Å²) in [6.07, 6.45) is -0.857. The van der Waals surface area contributed by atoms with Gasteiger partial charge in [-0.2, -0.15) is 5.10 Å². The maximum absolute atomic E-state index is 12.3. The molecule has 1 aromatic heterocycles. The quantitative estimate of drug-likeness (QED) is 0.486. The molecular weight excluding hydrogens is 324 g/mol. The van der Waals surface area contributed by atoms with Crippen molar-refractivity contribution in [1.82, 2.24) is 15.5 Å². The number of hydrogen-bond acceptors (Lipinski definition) is 5. The number of fused-ring (bicyclic) bond motifs is 1. The molecule has 1 heterocycles. The van der Waals surface area contributed by atoms with Gasteiger partial charge in [0.05, 0.1) is 16.5 Å². The Bertz CT molecular complexity index is 951. The van der Waals surface area contributed by atoms with E-state index in [2.05, 4.69) is 15.5 Å². The van der Waals surface area contributed by atoms with Crippen molar-refractivity contribution in [3.8, 4) is 0 Å². The van der Waals surface area contributed by atoms with Crippen LogP contribution in [0.15, 0.2) is 42.5 Å². The number of hydrogen-bond donors (Lipinski definition) is 3. The fraction of sp³-hybridized carbons (Fsp3) is 0.176. The zero-order chi connectivity index (χ0) is 18.0. The Morgan fingerprint density at radius 1 is 1.36 bits per heavy atom. The van der Waals surface area contributed by atoms with E-state index in [0.29, 0.717) is 10.9 Å². The van der Waals surface area contributed by atoms with Crippen LogP contribution in [0.2, 0.25) is 0 Å². The molecule has 0 saturated carbocycles. The van der Waals surface area contributed by atoms with Gasteiger partial charge in [-0.25, -0.2) is 0 Å². The lowest BCUT2D eigenvalue weighted by Crippen LogP contribution is -2.29. The summed E-state index contributed by atoms with van der Waals surface area (Å²) in [6, 6.07) is 11.5. The SMILES string of the molecule is Cc1ccccc1C(O)CNC(=O)c1n[nH]c2ccc([N+](=O)[O-])cc12. The Kier molecular flexibility index (Phi) is 4.44. The molecule has 0 radical (unpaired) electrons. The van der Waals surface area contributed by atoms with Gasteiger partial charge in [-0.15, -0.1) is 0 Å². The molecule has 3 N–H and O–H groups in total. The molecule has 1 amide bonds. The van der Waals surface area contributed by atoms with Crippen LogP contribution in [0.5, 0.6) is 0 Å². The highest BCUT2D eigenvalue weighted by Crippen LogP contribution is 2.22. The van der Waals surface area contributed by atoms with E-state index in [4.69, 9.17) is 0 Å². The number of aryl methyl sites for hydroxylation is 1. The maximum Gasteiger partial charge on any atom is 0.272 e. The van der Waals surface area contributed by atoms with Gasteiger partial charge in [-0.3, -0.25) is 20.0 Å². The van der Waals surface area contributed by atoms with E-state index in [9.17, 15) is 20.0 Å². The Hall–Kier alpha value is -3.26. The summed E-state index contributed by atoms with van der Waals surface area (Å²) in [6.45, 7) is 1.88. The number of aliphatic hydroxyl groups is 1. The monoisotopic (exact) mass is 340 g/mol. The third-order valence-corrected chi connectivity index (χ3v) is 3.98. The van der Waals surface area contributed by atoms with E-state index in [-0.39, 0.29) is 17.9 Å². The Morgan fingerprint density at radius 2 is 2.12 bits per heavy atom. The largest absolute Gasteiger partial charge is 0.387 e. The van der Waals surface area contributed by atoms with Gasteiger partial charge in [-0.1, -0.05) is 24.3 Å². The molecule has 2 aromatic carbocycles.